The second-order valence-electron chi connectivity index (χ2n) is 5.93. The summed E-state index contributed by atoms with van der Waals surface area (Å²) >= 11 is 2.22. The van der Waals surface area contributed by atoms with Crippen LogP contribution in [0.15, 0.2) is 12.1 Å². The van der Waals surface area contributed by atoms with Crippen molar-refractivity contribution in [3.05, 3.63) is 28.1 Å². The summed E-state index contributed by atoms with van der Waals surface area (Å²) in [6.07, 6.45) is 2.51. The van der Waals surface area contributed by atoms with Gasteiger partial charge in [-0.2, -0.15) is 0 Å². The van der Waals surface area contributed by atoms with Crippen molar-refractivity contribution in [2.45, 2.75) is 34.6 Å². The molecule has 2 heterocycles. The normalized spacial score (nSPS) is 14.6. The third-order valence-electron chi connectivity index (χ3n) is 3.35. The molecule has 0 saturated carbocycles. The molecule has 0 nitrogen and oxygen atoms in total. The summed E-state index contributed by atoms with van der Waals surface area (Å²) in [4.78, 5) is 12.2. The molecular formula is C14H18S2Sn. The molecule has 0 saturated heterocycles. The molecule has 2 aromatic rings. The number of fused-ring (bicyclic) bond motifs is 3. The molecule has 0 aromatic carbocycles. The van der Waals surface area contributed by atoms with E-state index in [0.29, 0.717) is 0 Å². The SMILES string of the molecule is Cc1cc2c(s1)-c1s[c]([Sn]([CH3])([CH3])[CH3])cc1CC2. The molecule has 0 N–H and O–H groups in total. The van der Waals surface area contributed by atoms with Crippen molar-refractivity contribution in [2.75, 3.05) is 0 Å². The van der Waals surface area contributed by atoms with Crippen molar-refractivity contribution in [2.24, 2.45) is 0 Å². The Morgan fingerprint density at radius 1 is 0.941 bits per heavy atom. The van der Waals surface area contributed by atoms with Crippen LogP contribution in [-0.2, 0) is 12.8 Å². The van der Waals surface area contributed by atoms with Crippen LogP contribution in [0.4, 0.5) is 0 Å². The Morgan fingerprint density at radius 2 is 1.53 bits per heavy atom. The van der Waals surface area contributed by atoms with Crippen LogP contribution in [-0.4, -0.2) is 18.4 Å². The second-order valence-corrected chi connectivity index (χ2v) is 23.7. The first-order valence-corrected chi connectivity index (χ1v) is 17.8. The van der Waals surface area contributed by atoms with Crippen LogP contribution >= 0.6 is 22.7 Å². The molecule has 0 bridgehead atoms. The van der Waals surface area contributed by atoms with Crippen LogP contribution in [0, 0.1) is 6.92 Å². The minimum absolute atomic E-state index is 1.25. The third kappa shape index (κ3) is 2.13. The second kappa shape index (κ2) is 4.10. The Balaban J connectivity index is 2.16. The van der Waals surface area contributed by atoms with E-state index in [0.717, 1.165) is 0 Å². The van der Waals surface area contributed by atoms with Gasteiger partial charge >= 0.3 is 116 Å². The zero-order valence-corrected chi connectivity index (χ0v) is 15.4. The Kier molecular flexibility index (Phi) is 2.96. The summed E-state index contributed by atoms with van der Waals surface area (Å²) in [7, 11) is 0. The maximum atomic E-state index is 2.54. The molecule has 0 aliphatic heterocycles. The Bertz CT molecular complexity index is 570. The van der Waals surface area contributed by atoms with Gasteiger partial charge in [0, 0.05) is 0 Å². The van der Waals surface area contributed by atoms with Crippen molar-refractivity contribution >= 4 is 43.9 Å². The molecule has 17 heavy (non-hydrogen) atoms. The van der Waals surface area contributed by atoms with Crippen LogP contribution in [0.25, 0.3) is 9.75 Å². The van der Waals surface area contributed by atoms with E-state index in [1.54, 1.807) is 23.8 Å². The molecule has 0 atom stereocenters. The van der Waals surface area contributed by atoms with Crippen molar-refractivity contribution in [3.63, 3.8) is 0 Å². The van der Waals surface area contributed by atoms with E-state index in [2.05, 4.69) is 45.2 Å². The van der Waals surface area contributed by atoms with Gasteiger partial charge in [-0.05, 0) is 0 Å². The monoisotopic (exact) mass is 370 g/mol. The number of thiophene rings is 2. The topological polar surface area (TPSA) is 0 Å². The predicted octanol–water partition coefficient (Wildman–Crippen LogP) is 4.43. The Morgan fingerprint density at radius 3 is 2.18 bits per heavy atom. The Labute approximate surface area is 116 Å². The summed E-state index contributed by atoms with van der Waals surface area (Å²) in [6, 6.07) is 4.93. The molecule has 3 heteroatoms. The maximum absolute atomic E-state index is 2.54. The summed E-state index contributed by atoms with van der Waals surface area (Å²) in [5.74, 6) is 0. The van der Waals surface area contributed by atoms with Crippen LogP contribution < -0.4 is 2.89 Å². The van der Waals surface area contributed by atoms with Crippen LogP contribution in [0.5, 0.6) is 0 Å². The van der Waals surface area contributed by atoms with Crippen molar-refractivity contribution < 1.29 is 0 Å². The molecule has 1 aliphatic rings. The first kappa shape index (κ1) is 12.2. The fourth-order valence-corrected chi connectivity index (χ4v) is 10.2. The minimum atomic E-state index is -1.87. The molecule has 2 aromatic heterocycles. The van der Waals surface area contributed by atoms with Gasteiger partial charge in [0.25, 0.3) is 0 Å². The van der Waals surface area contributed by atoms with Gasteiger partial charge in [-0.25, -0.2) is 0 Å². The molecule has 3 rings (SSSR count). The molecule has 0 unspecified atom stereocenters. The van der Waals surface area contributed by atoms with E-state index in [9.17, 15) is 0 Å². The van der Waals surface area contributed by atoms with E-state index in [1.165, 1.54) is 17.7 Å². The number of hydrogen-bond donors (Lipinski definition) is 0. The Hall–Kier alpha value is 0.199. The van der Waals surface area contributed by atoms with Gasteiger partial charge in [0.15, 0.2) is 0 Å². The average Bonchev–Trinajstić information content (AvgIpc) is 2.76. The first-order valence-electron chi connectivity index (χ1n) is 6.18. The summed E-state index contributed by atoms with van der Waals surface area (Å²) in [5.41, 5.74) is 3.23. The van der Waals surface area contributed by atoms with E-state index in [-0.39, 0.29) is 0 Å². The average molecular weight is 369 g/mol. The van der Waals surface area contributed by atoms with E-state index < -0.39 is 18.4 Å². The summed E-state index contributed by atoms with van der Waals surface area (Å²) in [6.45, 7) is 2.24. The first-order chi connectivity index (χ1) is 7.95. The number of rotatable bonds is 1. The standard InChI is InChI=1S/C11H9S2.3CH3.Sn/c1-7-6-9-3-2-8-4-5-12-10(8)11(9)13-7;;;;/h4,6H,2-3H2,1H3;3*1H3;. The van der Waals surface area contributed by atoms with Crippen molar-refractivity contribution in [3.8, 4) is 9.75 Å². The third-order valence-corrected chi connectivity index (χ3v) is 15.2. The van der Waals surface area contributed by atoms with Gasteiger partial charge in [0.2, 0.25) is 0 Å². The van der Waals surface area contributed by atoms with Gasteiger partial charge in [0.05, 0.1) is 0 Å². The van der Waals surface area contributed by atoms with Gasteiger partial charge in [-0.15, -0.1) is 0 Å². The molecule has 90 valence electrons. The molecule has 0 spiro atoms. The molecule has 0 fully saturated rings. The van der Waals surface area contributed by atoms with Gasteiger partial charge < -0.3 is 0 Å². The molecular weight excluding hydrogens is 351 g/mol. The van der Waals surface area contributed by atoms with Crippen LogP contribution in [0.1, 0.15) is 16.0 Å². The van der Waals surface area contributed by atoms with Gasteiger partial charge in [-0.3, -0.25) is 0 Å². The molecule has 0 radical (unpaired) electrons. The molecule has 1 aliphatic carbocycles. The van der Waals surface area contributed by atoms with Crippen LogP contribution in [0.3, 0.4) is 0 Å². The number of aryl methyl sites for hydroxylation is 3. The summed E-state index contributed by atoms with van der Waals surface area (Å²) < 4.78 is 1.74. The number of hydrogen-bond acceptors (Lipinski definition) is 2. The van der Waals surface area contributed by atoms with Crippen molar-refractivity contribution in [1.29, 1.82) is 0 Å². The van der Waals surface area contributed by atoms with E-state index >= 15 is 0 Å². The quantitative estimate of drug-likeness (QED) is 0.653. The molecule has 0 amide bonds. The van der Waals surface area contributed by atoms with Crippen molar-refractivity contribution in [1.82, 2.24) is 0 Å². The zero-order chi connectivity index (χ0) is 12.2. The van der Waals surface area contributed by atoms with E-state index in [4.69, 9.17) is 0 Å². The van der Waals surface area contributed by atoms with Crippen LogP contribution in [0.2, 0.25) is 14.8 Å². The fourth-order valence-electron chi connectivity index (χ4n) is 2.39. The van der Waals surface area contributed by atoms with Gasteiger partial charge in [-0.1, -0.05) is 0 Å². The zero-order valence-electron chi connectivity index (χ0n) is 10.9. The predicted molar refractivity (Wildman–Crippen MR) is 82.8 cm³/mol. The fraction of sp³-hybridized carbons (Fsp3) is 0.429. The van der Waals surface area contributed by atoms with Gasteiger partial charge in [0.1, 0.15) is 0 Å². The summed E-state index contributed by atoms with van der Waals surface area (Å²) in [5, 5.41) is 0. The van der Waals surface area contributed by atoms with E-state index in [1.807, 2.05) is 11.3 Å².